The van der Waals surface area contributed by atoms with Crippen molar-refractivity contribution < 1.29 is 18.8 Å². The zero-order valence-electron chi connectivity index (χ0n) is 24.5. The summed E-state index contributed by atoms with van der Waals surface area (Å²) in [6.45, 7) is 16.4. The number of hydrogen-bond acceptors (Lipinski definition) is 4. The number of fused-ring (bicyclic) bond motifs is 5. The van der Waals surface area contributed by atoms with Gasteiger partial charge < -0.3 is 9.16 Å². The van der Waals surface area contributed by atoms with E-state index in [2.05, 4.69) is 40.4 Å². The number of carbonyl (C=O) groups excluding carboxylic acids is 2. The van der Waals surface area contributed by atoms with E-state index in [1.807, 2.05) is 6.92 Å². The van der Waals surface area contributed by atoms with Crippen LogP contribution in [0.1, 0.15) is 98.3 Å². The molecular formula is C31H54O4Si. The summed E-state index contributed by atoms with van der Waals surface area (Å²) < 4.78 is 11.5. The molecule has 1 unspecified atom stereocenters. The van der Waals surface area contributed by atoms with Crippen molar-refractivity contribution in [3.63, 3.8) is 0 Å². The predicted molar refractivity (Wildman–Crippen MR) is 148 cm³/mol. The van der Waals surface area contributed by atoms with Gasteiger partial charge in [-0.15, -0.1) is 0 Å². The number of ether oxygens (including phenoxy) is 1. The van der Waals surface area contributed by atoms with Crippen molar-refractivity contribution in [3.05, 3.63) is 0 Å². The molecule has 0 spiro atoms. The third kappa shape index (κ3) is 5.26. The van der Waals surface area contributed by atoms with Gasteiger partial charge in [0, 0.05) is 18.4 Å². The lowest BCUT2D eigenvalue weighted by atomic mass is 9.44. The van der Waals surface area contributed by atoms with Crippen LogP contribution >= 0.6 is 0 Å². The fourth-order valence-electron chi connectivity index (χ4n) is 9.74. The highest BCUT2D eigenvalue weighted by molar-refractivity contribution is 6.69. The summed E-state index contributed by atoms with van der Waals surface area (Å²) >= 11 is 0. The van der Waals surface area contributed by atoms with Gasteiger partial charge in [0.05, 0.1) is 13.0 Å². The van der Waals surface area contributed by atoms with Crippen molar-refractivity contribution in [1.82, 2.24) is 0 Å². The Hall–Kier alpha value is -0.683. The molecule has 0 aromatic rings. The molecule has 4 rings (SSSR count). The van der Waals surface area contributed by atoms with Crippen molar-refractivity contribution in [1.29, 1.82) is 0 Å². The van der Waals surface area contributed by atoms with Gasteiger partial charge in [-0.25, -0.2) is 0 Å². The second kappa shape index (κ2) is 10.5. The van der Waals surface area contributed by atoms with Crippen LogP contribution < -0.4 is 0 Å². The maximum absolute atomic E-state index is 13.8. The minimum Gasteiger partial charge on any atom is -0.469 e. The molecule has 4 aliphatic carbocycles. The number of methoxy groups -OCH3 is 1. The minimum absolute atomic E-state index is 0.00988. The Morgan fingerprint density at radius 1 is 1.00 bits per heavy atom. The maximum atomic E-state index is 13.8. The zero-order valence-corrected chi connectivity index (χ0v) is 25.5. The van der Waals surface area contributed by atoms with Crippen molar-refractivity contribution in [2.24, 2.45) is 52.3 Å². The van der Waals surface area contributed by atoms with E-state index in [0.29, 0.717) is 52.3 Å². The van der Waals surface area contributed by atoms with Gasteiger partial charge in [0.1, 0.15) is 5.78 Å². The Kier molecular flexibility index (Phi) is 8.24. The van der Waals surface area contributed by atoms with Crippen LogP contribution in [0.15, 0.2) is 0 Å². The van der Waals surface area contributed by atoms with Crippen LogP contribution in [0.25, 0.3) is 0 Å². The highest BCUT2D eigenvalue weighted by Crippen LogP contribution is 2.67. The second-order valence-electron chi connectivity index (χ2n) is 14.8. The smallest absolute Gasteiger partial charge is 0.308 e. The van der Waals surface area contributed by atoms with E-state index in [4.69, 9.17) is 9.16 Å². The standard InChI is InChI=1S/C31H54O4Si/c1-20(10-9-11-21(2)29(33)34-5)24-12-13-25-28-26(15-17-31(24,25)4)30(3)16-14-23(35-36(6,7)8)18-22(30)19-27(28)32/h20-26,28H,9-19H2,1-8H3/t20-,21?,22+,23-,24-,25+,26+,28+,30+,31-/m1/s1. The molecular weight excluding hydrogens is 464 g/mol. The molecule has 5 heteroatoms. The molecule has 0 aromatic heterocycles. The summed E-state index contributed by atoms with van der Waals surface area (Å²) in [4.78, 5) is 25.6. The summed E-state index contributed by atoms with van der Waals surface area (Å²) in [7, 11) is -0.0694. The van der Waals surface area contributed by atoms with E-state index in [1.54, 1.807) is 0 Å². The maximum Gasteiger partial charge on any atom is 0.308 e. The number of Topliss-reactive ketones (excluding diaryl/α,β-unsaturated/α-hetero) is 1. The average Bonchev–Trinajstić information content (AvgIpc) is 3.15. The monoisotopic (exact) mass is 518 g/mol. The van der Waals surface area contributed by atoms with E-state index in [0.717, 1.165) is 25.7 Å². The van der Waals surface area contributed by atoms with E-state index in [9.17, 15) is 9.59 Å². The van der Waals surface area contributed by atoms with Crippen LogP contribution in [0.2, 0.25) is 19.6 Å². The van der Waals surface area contributed by atoms with Gasteiger partial charge in [-0.05, 0) is 111 Å². The van der Waals surface area contributed by atoms with Crippen molar-refractivity contribution in [2.75, 3.05) is 7.11 Å². The first-order valence-electron chi connectivity index (χ1n) is 15.1. The highest BCUT2D eigenvalue weighted by atomic mass is 28.4. The first-order valence-corrected chi connectivity index (χ1v) is 18.5. The van der Waals surface area contributed by atoms with Crippen LogP contribution in [0.4, 0.5) is 0 Å². The van der Waals surface area contributed by atoms with Crippen LogP contribution in [0.3, 0.4) is 0 Å². The Bertz CT molecular complexity index is 820. The lowest BCUT2D eigenvalue weighted by Crippen LogP contribution is -2.57. The minimum atomic E-state index is -1.55. The Morgan fingerprint density at radius 2 is 1.67 bits per heavy atom. The van der Waals surface area contributed by atoms with Gasteiger partial charge in [0.25, 0.3) is 0 Å². The number of ketones is 1. The Balaban J connectivity index is 1.42. The fraction of sp³-hybridized carbons (Fsp3) is 0.935. The molecule has 4 fully saturated rings. The van der Waals surface area contributed by atoms with Gasteiger partial charge in [0.2, 0.25) is 0 Å². The normalized spacial score (nSPS) is 42.2. The van der Waals surface area contributed by atoms with Crippen molar-refractivity contribution in [2.45, 2.75) is 124 Å². The van der Waals surface area contributed by atoms with Crippen LogP contribution in [-0.2, 0) is 18.8 Å². The lowest BCUT2D eigenvalue weighted by molar-refractivity contribution is -0.160. The number of esters is 1. The van der Waals surface area contributed by atoms with Crippen LogP contribution in [-0.4, -0.2) is 33.3 Å². The number of hydrogen-bond donors (Lipinski definition) is 0. The first-order chi connectivity index (χ1) is 16.8. The van der Waals surface area contributed by atoms with Gasteiger partial charge in [0.15, 0.2) is 8.32 Å². The summed E-state index contributed by atoms with van der Waals surface area (Å²) in [5.41, 5.74) is 0.610. The summed E-state index contributed by atoms with van der Waals surface area (Å²) in [6.07, 6.45) is 12.9. The van der Waals surface area contributed by atoms with Gasteiger partial charge >= 0.3 is 5.97 Å². The topological polar surface area (TPSA) is 52.6 Å². The third-order valence-electron chi connectivity index (χ3n) is 11.6. The third-order valence-corrected chi connectivity index (χ3v) is 12.6. The summed E-state index contributed by atoms with van der Waals surface area (Å²) in [6, 6.07) is 0. The van der Waals surface area contributed by atoms with Gasteiger partial charge in [-0.2, -0.15) is 0 Å². The molecule has 36 heavy (non-hydrogen) atoms. The summed E-state index contributed by atoms with van der Waals surface area (Å²) in [5.74, 6) is 3.79. The molecule has 0 radical (unpaired) electrons. The zero-order chi connectivity index (χ0) is 26.5. The molecule has 206 valence electrons. The molecule has 0 heterocycles. The Labute approximate surface area is 222 Å². The fourth-order valence-corrected chi connectivity index (χ4v) is 11.0. The summed E-state index contributed by atoms with van der Waals surface area (Å²) in [5, 5.41) is 0. The molecule has 0 amide bonds. The molecule has 0 saturated heterocycles. The quantitative estimate of drug-likeness (QED) is 0.244. The molecule has 4 saturated carbocycles. The average molecular weight is 519 g/mol. The molecule has 0 N–H and O–H groups in total. The van der Waals surface area contributed by atoms with E-state index in [-0.39, 0.29) is 17.8 Å². The highest BCUT2D eigenvalue weighted by Gasteiger charge is 2.63. The van der Waals surface area contributed by atoms with E-state index < -0.39 is 8.32 Å². The van der Waals surface area contributed by atoms with E-state index in [1.165, 1.54) is 52.1 Å². The van der Waals surface area contributed by atoms with Crippen molar-refractivity contribution in [3.8, 4) is 0 Å². The number of carbonyl (C=O) groups is 2. The van der Waals surface area contributed by atoms with Crippen LogP contribution in [0, 0.1) is 52.3 Å². The van der Waals surface area contributed by atoms with E-state index >= 15 is 0 Å². The van der Waals surface area contributed by atoms with Gasteiger partial charge in [-0.3, -0.25) is 9.59 Å². The largest absolute Gasteiger partial charge is 0.469 e. The molecule has 0 aromatic carbocycles. The predicted octanol–water partition coefficient (Wildman–Crippen LogP) is 7.66. The van der Waals surface area contributed by atoms with Gasteiger partial charge in [-0.1, -0.05) is 40.5 Å². The second-order valence-corrected chi connectivity index (χ2v) is 19.3. The van der Waals surface area contributed by atoms with Crippen molar-refractivity contribution >= 4 is 20.1 Å². The lowest BCUT2D eigenvalue weighted by Gasteiger charge is -2.60. The molecule has 4 aliphatic rings. The molecule has 10 atom stereocenters. The van der Waals surface area contributed by atoms with Crippen LogP contribution in [0.5, 0.6) is 0 Å². The Morgan fingerprint density at radius 3 is 2.33 bits per heavy atom. The molecule has 4 nitrogen and oxygen atoms in total. The molecule has 0 bridgehead atoms. The molecule has 0 aliphatic heterocycles. The SMILES string of the molecule is COC(=O)C(C)CCC[C@@H](C)[C@H]1CC[C@H]2[C@@H]3C(=O)C[C@@H]4C[C@H](O[Si](C)(C)C)CC[C@]4(C)[C@H]3CC[C@]12C. The first kappa shape index (κ1) is 28.3. The number of rotatable bonds is 8.